The molecule has 0 atom stereocenters. The van der Waals surface area contributed by atoms with E-state index >= 15 is 0 Å². The first kappa shape index (κ1) is 16.5. The summed E-state index contributed by atoms with van der Waals surface area (Å²) < 4.78 is 27.2. The van der Waals surface area contributed by atoms with Gasteiger partial charge in [-0.3, -0.25) is 4.79 Å². The van der Waals surface area contributed by atoms with Crippen molar-refractivity contribution in [2.45, 2.75) is 6.92 Å². The van der Waals surface area contributed by atoms with Gasteiger partial charge in [-0.1, -0.05) is 18.2 Å². The maximum absolute atomic E-state index is 13.6. The second kappa shape index (κ2) is 7.04. The summed E-state index contributed by atoms with van der Waals surface area (Å²) >= 11 is 0. The molecule has 7 heteroatoms. The van der Waals surface area contributed by atoms with E-state index in [1.165, 1.54) is 18.5 Å². The fraction of sp³-hybridized carbons (Fsp3) is 0.0556. The number of hydrogen-bond acceptors (Lipinski definition) is 4. The largest absolute Gasteiger partial charge is 0.334 e. The second-order valence-corrected chi connectivity index (χ2v) is 5.33. The summed E-state index contributed by atoms with van der Waals surface area (Å²) in [6.45, 7) is 1.91. The summed E-state index contributed by atoms with van der Waals surface area (Å²) in [4.78, 5) is 20.1. The van der Waals surface area contributed by atoms with Gasteiger partial charge in [-0.05, 0) is 36.8 Å². The lowest BCUT2D eigenvalue weighted by Crippen LogP contribution is -2.14. The Balaban J connectivity index is 1.72. The van der Waals surface area contributed by atoms with Gasteiger partial charge in [0.05, 0.1) is 12.4 Å². The Hall–Kier alpha value is -3.35. The molecule has 0 radical (unpaired) electrons. The first-order chi connectivity index (χ1) is 12.0. The fourth-order valence-electron chi connectivity index (χ4n) is 2.17. The van der Waals surface area contributed by atoms with E-state index in [2.05, 4.69) is 20.6 Å². The molecule has 2 N–H and O–H groups in total. The summed E-state index contributed by atoms with van der Waals surface area (Å²) in [7, 11) is 0. The van der Waals surface area contributed by atoms with Crippen LogP contribution in [0.4, 0.5) is 26.0 Å². The number of carbonyl (C=O) groups is 1. The molecule has 0 fully saturated rings. The average molecular weight is 340 g/mol. The number of amides is 1. The Kier molecular flexibility index (Phi) is 4.65. The molecule has 1 amide bonds. The van der Waals surface area contributed by atoms with Gasteiger partial charge in [0.25, 0.3) is 5.91 Å². The van der Waals surface area contributed by atoms with Crippen molar-refractivity contribution < 1.29 is 13.6 Å². The summed E-state index contributed by atoms with van der Waals surface area (Å²) in [5.74, 6) is -1.80. The van der Waals surface area contributed by atoms with E-state index in [-0.39, 0.29) is 17.2 Å². The van der Waals surface area contributed by atoms with Gasteiger partial charge in [0, 0.05) is 5.69 Å². The Morgan fingerprint density at radius 3 is 2.36 bits per heavy atom. The number of aryl methyl sites for hydroxylation is 1. The van der Waals surface area contributed by atoms with Crippen molar-refractivity contribution >= 4 is 23.1 Å². The molecule has 0 unspecified atom stereocenters. The maximum Gasteiger partial charge on any atom is 0.275 e. The minimum absolute atomic E-state index is 0.0843. The normalized spacial score (nSPS) is 10.4. The van der Waals surface area contributed by atoms with Crippen molar-refractivity contribution in [3.05, 3.63) is 77.8 Å². The van der Waals surface area contributed by atoms with E-state index in [9.17, 15) is 13.6 Å². The maximum atomic E-state index is 13.6. The predicted molar refractivity (Wildman–Crippen MR) is 90.8 cm³/mol. The van der Waals surface area contributed by atoms with Crippen LogP contribution < -0.4 is 10.6 Å². The number of nitrogens with zero attached hydrogens (tertiary/aromatic N) is 2. The van der Waals surface area contributed by atoms with Gasteiger partial charge in [0.1, 0.15) is 28.8 Å². The number of carbonyl (C=O) groups excluding carboxylic acids is 1. The lowest BCUT2D eigenvalue weighted by Gasteiger charge is -2.08. The molecular formula is C18H14F2N4O. The minimum atomic E-state index is -0.747. The summed E-state index contributed by atoms with van der Waals surface area (Å²) in [6.07, 6.45) is 2.46. The number of anilines is 3. The van der Waals surface area contributed by atoms with Crippen molar-refractivity contribution in [1.82, 2.24) is 9.97 Å². The second-order valence-electron chi connectivity index (χ2n) is 5.33. The number of hydrogen-bond donors (Lipinski definition) is 2. The fourth-order valence-corrected chi connectivity index (χ4v) is 2.17. The first-order valence-electron chi connectivity index (χ1n) is 7.44. The van der Waals surface area contributed by atoms with Crippen molar-refractivity contribution in [1.29, 1.82) is 0 Å². The van der Waals surface area contributed by atoms with Gasteiger partial charge >= 0.3 is 0 Å². The summed E-state index contributed by atoms with van der Waals surface area (Å²) in [5, 5.41) is 5.21. The van der Waals surface area contributed by atoms with Crippen LogP contribution in [0, 0.1) is 18.6 Å². The van der Waals surface area contributed by atoms with Crippen LogP contribution in [0.1, 0.15) is 16.1 Å². The average Bonchev–Trinajstić information content (AvgIpc) is 2.59. The highest BCUT2D eigenvalue weighted by Gasteiger charge is 2.11. The van der Waals surface area contributed by atoms with E-state index in [0.717, 1.165) is 17.7 Å². The monoisotopic (exact) mass is 340 g/mol. The van der Waals surface area contributed by atoms with Gasteiger partial charge in [-0.2, -0.15) is 0 Å². The predicted octanol–water partition coefficient (Wildman–Crippen LogP) is 4.06. The van der Waals surface area contributed by atoms with Crippen LogP contribution >= 0.6 is 0 Å². The number of para-hydroxylation sites is 1. The summed E-state index contributed by atoms with van der Waals surface area (Å²) in [6, 6.07) is 10.8. The molecule has 0 spiro atoms. The zero-order valence-electron chi connectivity index (χ0n) is 13.3. The molecule has 0 saturated heterocycles. The quantitative estimate of drug-likeness (QED) is 0.752. The van der Waals surface area contributed by atoms with Crippen molar-refractivity contribution in [3.8, 4) is 0 Å². The lowest BCUT2D eigenvalue weighted by atomic mass is 10.2. The van der Waals surface area contributed by atoms with E-state index < -0.39 is 17.5 Å². The molecule has 2 aromatic carbocycles. The number of aromatic nitrogens is 2. The molecule has 0 aliphatic rings. The van der Waals surface area contributed by atoms with E-state index in [1.54, 1.807) is 6.07 Å². The highest BCUT2D eigenvalue weighted by molar-refractivity contribution is 6.02. The van der Waals surface area contributed by atoms with Crippen LogP contribution in [0.25, 0.3) is 0 Å². The van der Waals surface area contributed by atoms with Gasteiger partial charge < -0.3 is 10.6 Å². The summed E-state index contributed by atoms with van der Waals surface area (Å²) in [5.41, 5.74) is 1.41. The van der Waals surface area contributed by atoms with Crippen molar-refractivity contribution in [3.63, 3.8) is 0 Å². The number of rotatable bonds is 4. The van der Waals surface area contributed by atoms with E-state index in [4.69, 9.17) is 0 Å². The molecular weight excluding hydrogens is 326 g/mol. The molecule has 1 aromatic heterocycles. The molecule has 0 aliphatic heterocycles. The molecule has 3 aromatic rings. The van der Waals surface area contributed by atoms with Crippen LogP contribution in [-0.4, -0.2) is 15.9 Å². The smallest absolute Gasteiger partial charge is 0.275 e. The first-order valence-corrected chi connectivity index (χ1v) is 7.44. The number of halogens is 2. The molecule has 5 nitrogen and oxygen atoms in total. The minimum Gasteiger partial charge on any atom is -0.334 e. The number of benzene rings is 2. The van der Waals surface area contributed by atoms with Crippen LogP contribution in [-0.2, 0) is 0 Å². The van der Waals surface area contributed by atoms with Crippen molar-refractivity contribution in [2.24, 2.45) is 0 Å². The molecule has 0 aliphatic carbocycles. The van der Waals surface area contributed by atoms with Crippen LogP contribution in [0.5, 0.6) is 0 Å². The van der Waals surface area contributed by atoms with Crippen LogP contribution in [0.15, 0.2) is 54.9 Å². The Morgan fingerprint density at radius 1 is 1.00 bits per heavy atom. The molecule has 3 rings (SSSR count). The Morgan fingerprint density at radius 2 is 1.72 bits per heavy atom. The standard InChI is InChI=1S/C18H14F2N4O/c1-11-4-2-5-12(8-11)23-18(25)15-9-22-16(10-21-15)24-17-13(19)6-3-7-14(17)20/h2-10H,1H3,(H,22,24)(H,23,25). The number of nitrogens with one attached hydrogen (secondary N) is 2. The van der Waals surface area contributed by atoms with Gasteiger partial charge in [0.2, 0.25) is 0 Å². The van der Waals surface area contributed by atoms with E-state index in [0.29, 0.717) is 5.69 Å². The van der Waals surface area contributed by atoms with Gasteiger partial charge in [0.15, 0.2) is 0 Å². The van der Waals surface area contributed by atoms with Crippen LogP contribution in [0.2, 0.25) is 0 Å². The highest BCUT2D eigenvalue weighted by atomic mass is 19.1. The topological polar surface area (TPSA) is 66.9 Å². The van der Waals surface area contributed by atoms with E-state index in [1.807, 2.05) is 25.1 Å². The molecule has 25 heavy (non-hydrogen) atoms. The molecule has 0 bridgehead atoms. The Labute approximate surface area is 142 Å². The van der Waals surface area contributed by atoms with Gasteiger partial charge in [-0.15, -0.1) is 0 Å². The van der Waals surface area contributed by atoms with Gasteiger partial charge in [-0.25, -0.2) is 18.7 Å². The highest BCUT2D eigenvalue weighted by Crippen LogP contribution is 2.21. The molecule has 1 heterocycles. The molecule has 126 valence electrons. The third-order valence-corrected chi connectivity index (χ3v) is 3.38. The molecule has 0 saturated carbocycles. The van der Waals surface area contributed by atoms with Crippen LogP contribution in [0.3, 0.4) is 0 Å². The lowest BCUT2D eigenvalue weighted by molar-refractivity contribution is 0.102. The third kappa shape index (κ3) is 3.95. The SMILES string of the molecule is Cc1cccc(NC(=O)c2cnc(Nc3c(F)cccc3F)cn2)c1. The Bertz CT molecular complexity index is 893. The van der Waals surface area contributed by atoms with Crippen molar-refractivity contribution in [2.75, 3.05) is 10.6 Å². The zero-order valence-corrected chi connectivity index (χ0v) is 13.3. The zero-order chi connectivity index (χ0) is 17.8. The third-order valence-electron chi connectivity index (χ3n) is 3.38.